The van der Waals surface area contributed by atoms with E-state index in [9.17, 15) is 4.79 Å². The van der Waals surface area contributed by atoms with Gasteiger partial charge >= 0.3 is 5.97 Å². The lowest BCUT2D eigenvalue weighted by Gasteiger charge is -2.04. The van der Waals surface area contributed by atoms with E-state index in [-0.39, 0.29) is 6.42 Å². The number of hydrogen-bond donors (Lipinski definition) is 1. The van der Waals surface area contributed by atoms with Gasteiger partial charge < -0.3 is 9.84 Å². The number of carboxylic acids is 1. The van der Waals surface area contributed by atoms with Crippen LogP contribution in [0.1, 0.15) is 18.4 Å². The molecule has 1 N–H and O–H groups in total. The number of carboxylic acid groups (broad SMARTS) is 1. The maximum Gasteiger partial charge on any atom is 0.303 e. The van der Waals surface area contributed by atoms with E-state index in [0.29, 0.717) is 6.42 Å². The molecule has 0 saturated carbocycles. The van der Waals surface area contributed by atoms with Crippen LogP contribution in [0, 0.1) is 0 Å². The minimum absolute atomic E-state index is 0.191. The first-order chi connectivity index (χ1) is 8.69. The maximum absolute atomic E-state index is 10.5. The molecule has 0 unspecified atom stereocenters. The number of aromatic nitrogens is 1. The van der Waals surface area contributed by atoms with E-state index in [2.05, 4.69) is 4.98 Å². The van der Waals surface area contributed by atoms with Crippen molar-refractivity contribution in [3.63, 3.8) is 0 Å². The number of aliphatic carboxylic acids is 1. The number of carbonyl (C=O) groups is 1. The SMILES string of the molecule is COc1ccc2ncc(CCCC(=O)O)cc2c1. The summed E-state index contributed by atoms with van der Waals surface area (Å²) in [5, 5.41) is 9.62. The first-order valence-electron chi connectivity index (χ1n) is 5.83. The van der Waals surface area contributed by atoms with Gasteiger partial charge in [0.15, 0.2) is 0 Å². The zero-order valence-electron chi connectivity index (χ0n) is 10.2. The molecule has 1 heterocycles. The van der Waals surface area contributed by atoms with Crippen LogP contribution in [0.2, 0.25) is 0 Å². The predicted octanol–water partition coefficient (Wildman–Crippen LogP) is 2.65. The second-order valence-corrected chi connectivity index (χ2v) is 4.15. The van der Waals surface area contributed by atoms with Gasteiger partial charge in [0, 0.05) is 18.0 Å². The fourth-order valence-electron chi connectivity index (χ4n) is 1.86. The van der Waals surface area contributed by atoms with Gasteiger partial charge in [-0.15, -0.1) is 0 Å². The molecule has 0 aliphatic carbocycles. The predicted molar refractivity (Wildman–Crippen MR) is 68.9 cm³/mol. The molecule has 0 amide bonds. The lowest BCUT2D eigenvalue weighted by molar-refractivity contribution is -0.137. The number of rotatable bonds is 5. The fraction of sp³-hybridized carbons (Fsp3) is 0.286. The number of methoxy groups -OCH3 is 1. The summed E-state index contributed by atoms with van der Waals surface area (Å²) in [7, 11) is 1.63. The van der Waals surface area contributed by atoms with Gasteiger partial charge in [0.1, 0.15) is 5.75 Å². The third kappa shape index (κ3) is 2.97. The first-order valence-corrected chi connectivity index (χ1v) is 5.83. The highest BCUT2D eigenvalue weighted by Crippen LogP contribution is 2.20. The molecule has 2 aromatic rings. The summed E-state index contributed by atoms with van der Waals surface area (Å²) in [6, 6.07) is 7.75. The van der Waals surface area contributed by atoms with Gasteiger partial charge in [-0.25, -0.2) is 0 Å². The Kier molecular flexibility index (Phi) is 3.77. The van der Waals surface area contributed by atoms with Gasteiger partial charge in [-0.05, 0) is 42.7 Å². The summed E-state index contributed by atoms with van der Waals surface area (Å²) in [5.41, 5.74) is 1.97. The number of ether oxygens (including phenoxy) is 1. The number of fused-ring (bicyclic) bond motifs is 1. The van der Waals surface area contributed by atoms with Crippen molar-refractivity contribution < 1.29 is 14.6 Å². The summed E-state index contributed by atoms with van der Waals surface area (Å²) in [4.78, 5) is 14.8. The molecule has 0 saturated heterocycles. The number of benzene rings is 1. The van der Waals surface area contributed by atoms with Crippen molar-refractivity contribution in [2.75, 3.05) is 7.11 Å². The zero-order valence-corrected chi connectivity index (χ0v) is 10.2. The van der Waals surface area contributed by atoms with Crippen LogP contribution in [-0.4, -0.2) is 23.2 Å². The lowest BCUT2D eigenvalue weighted by atomic mass is 10.1. The Bertz CT molecular complexity index is 566. The van der Waals surface area contributed by atoms with E-state index in [1.165, 1.54) is 0 Å². The summed E-state index contributed by atoms with van der Waals surface area (Å²) in [6.07, 6.45) is 3.35. The molecule has 0 bridgehead atoms. The highest BCUT2D eigenvalue weighted by Gasteiger charge is 2.02. The second kappa shape index (κ2) is 5.49. The summed E-state index contributed by atoms with van der Waals surface area (Å²) >= 11 is 0. The van der Waals surface area contributed by atoms with Gasteiger partial charge in [0.2, 0.25) is 0 Å². The molecule has 0 atom stereocenters. The smallest absolute Gasteiger partial charge is 0.303 e. The largest absolute Gasteiger partial charge is 0.497 e. The average molecular weight is 245 g/mol. The Morgan fingerprint density at radius 1 is 1.39 bits per heavy atom. The van der Waals surface area contributed by atoms with Crippen LogP contribution in [0.15, 0.2) is 30.5 Å². The third-order valence-electron chi connectivity index (χ3n) is 2.80. The van der Waals surface area contributed by atoms with Crippen molar-refractivity contribution in [3.05, 3.63) is 36.0 Å². The normalized spacial score (nSPS) is 10.5. The molecule has 94 valence electrons. The van der Waals surface area contributed by atoms with Crippen LogP contribution in [0.5, 0.6) is 5.75 Å². The molecule has 4 heteroatoms. The molecule has 0 aliphatic rings. The van der Waals surface area contributed by atoms with Crippen LogP contribution in [0.4, 0.5) is 0 Å². The second-order valence-electron chi connectivity index (χ2n) is 4.15. The minimum atomic E-state index is -0.759. The van der Waals surface area contributed by atoms with Gasteiger partial charge in [-0.1, -0.05) is 0 Å². The molecule has 0 fully saturated rings. The Morgan fingerprint density at radius 3 is 2.94 bits per heavy atom. The number of hydrogen-bond acceptors (Lipinski definition) is 3. The van der Waals surface area contributed by atoms with Crippen molar-refractivity contribution in [1.82, 2.24) is 4.98 Å². The van der Waals surface area contributed by atoms with Gasteiger partial charge in [0.05, 0.1) is 12.6 Å². The van der Waals surface area contributed by atoms with E-state index in [1.54, 1.807) is 13.3 Å². The highest BCUT2D eigenvalue weighted by molar-refractivity contribution is 5.80. The van der Waals surface area contributed by atoms with Crippen molar-refractivity contribution in [2.45, 2.75) is 19.3 Å². The molecule has 18 heavy (non-hydrogen) atoms. The number of pyridine rings is 1. The number of nitrogens with zero attached hydrogens (tertiary/aromatic N) is 1. The number of aryl methyl sites for hydroxylation is 1. The molecule has 0 aliphatic heterocycles. The molecular weight excluding hydrogens is 230 g/mol. The van der Waals surface area contributed by atoms with Gasteiger partial charge in [0.25, 0.3) is 0 Å². The van der Waals surface area contributed by atoms with Crippen LogP contribution < -0.4 is 4.74 Å². The monoisotopic (exact) mass is 245 g/mol. The molecule has 1 aromatic heterocycles. The Morgan fingerprint density at radius 2 is 2.22 bits per heavy atom. The van der Waals surface area contributed by atoms with Crippen molar-refractivity contribution in [3.8, 4) is 5.75 Å². The average Bonchev–Trinajstić information content (AvgIpc) is 2.37. The molecular formula is C14H15NO3. The molecule has 2 rings (SSSR count). The van der Waals surface area contributed by atoms with Crippen molar-refractivity contribution in [2.24, 2.45) is 0 Å². The first kappa shape index (κ1) is 12.4. The topological polar surface area (TPSA) is 59.4 Å². The quantitative estimate of drug-likeness (QED) is 0.879. The van der Waals surface area contributed by atoms with E-state index in [1.807, 2.05) is 24.3 Å². The lowest BCUT2D eigenvalue weighted by Crippen LogP contribution is -1.96. The third-order valence-corrected chi connectivity index (χ3v) is 2.80. The van der Waals surface area contributed by atoms with E-state index >= 15 is 0 Å². The van der Waals surface area contributed by atoms with Crippen molar-refractivity contribution in [1.29, 1.82) is 0 Å². The molecule has 4 nitrogen and oxygen atoms in total. The summed E-state index contributed by atoms with van der Waals surface area (Å²) in [5.74, 6) is 0.0393. The van der Waals surface area contributed by atoms with Crippen LogP contribution in [0.3, 0.4) is 0 Å². The summed E-state index contributed by atoms with van der Waals surface area (Å²) < 4.78 is 5.17. The fourth-order valence-corrected chi connectivity index (χ4v) is 1.86. The molecule has 0 spiro atoms. The van der Waals surface area contributed by atoms with Crippen molar-refractivity contribution >= 4 is 16.9 Å². The Balaban J connectivity index is 2.17. The van der Waals surface area contributed by atoms with Crippen LogP contribution in [0.25, 0.3) is 10.9 Å². The van der Waals surface area contributed by atoms with Crippen LogP contribution >= 0.6 is 0 Å². The van der Waals surface area contributed by atoms with Gasteiger partial charge in [-0.2, -0.15) is 0 Å². The van der Waals surface area contributed by atoms with Gasteiger partial charge in [-0.3, -0.25) is 9.78 Å². The Labute approximate surface area is 105 Å². The Hall–Kier alpha value is -2.10. The summed E-state index contributed by atoms with van der Waals surface area (Å²) in [6.45, 7) is 0. The minimum Gasteiger partial charge on any atom is -0.497 e. The zero-order chi connectivity index (χ0) is 13.0. The highest BCUT2D eigenvalue weighted by atomic mass is 16.5. The maximum atomic E-state index is 10.5. The standard InChI is InChI=1S/C14H15NO3/c1-18-12-5-6-13-11(8-12)7-10(9-15-13)3-2-4-14(16)17/h5-9H,2-4H2,1H3,(H,16,17). The van der Waals surface area contributed by atoms with E-state index in [0.717, 1.165) is 28.6 Å². The van der Waals surface area contributed by atoms with Crippen LogP contribution in [-0.2, 0) is 11.2 Å². The molecule has 0 radical (unpaired) electrons. The van der Waals surface area contributed by atoms with E-state index in [4.69, 9.17) is 9.84 Å². The molecule has 1 aromatic carbocycles. The van der Waals surface area contributed by atoms with E-state index < -0.39 is 5.97 Å².